The summed E-state index contributed by atoms with van der Waals surface area (Å²) in [4.78, 5) is 11.2. The van der Waals surface area contributed by atoms with E-state index in [1.165, 1.54) is 10.5 Å². The van der Waals surface area contributed by atoms with Crippen molar-refractivity contribution in [2.24, 2.45) is 0 Å². The van der Waals surface area contributed by atoms with Gasteiger partial charge in [0.15, 0.2) is 0 Å². The van der Waals surface area contributed by atoms with E-state index in [0.29, 0.717) is 21.4 Å². The average Bonchev–Trinajstić information content (AvgIpc) is 2.44. The molecule has 0 spiro atoms. The van der Waals surface area contributed by atoms with Crippen LogP contribution in [0.5, 0.6) is 0 Å². The van der Waals surface area contributed by atoms with Crippen molar-refractivity contribution in [1.29, 1.82) is 0 Å². The van der Waals surface area contributed by atoms with Gasteiger partial charge in [0, 0.05) is 0 Å². The van der Waals surface area contributed by atoms with Gasteiger partial charge in [-0.1, -0.05) is 0 Å². The van der Waals surface area contributed by atoms with Gasteiger partial charge in [-0.15, -0.1) is 0 Å². The molecule has 0 fully saturated rings. The maximum atomic E-state index is 11.2. The molecule has 0 radical (unpaired) electrons. The molecule has 0 aromatic heterocycles. The molecule has 0 heterocycles. The van der Waals surface area contributed by atoms with Crippen LogP contribution >= 0.6 is 0 Å². The number of hydrogen-bond acceptors (Lipinski definition) is 2. The Balaban J connectivity index is 2.26. The van der Waals surface area contributed by atoms with Crippen molar-refractivity contribution < 1.29 is 9.53 Å². The number of esters is 1. The monoisotopic (exact) mass is 324 g/mol. The molecule has 0 aliphatic heterocycles. The maximum absolute atomic E-state index is 11.2. The number of carbonyl (C=O) groups excluding carboxylic acids is 1. The molecule has 19 heavy (non-hydrogen) atoms. The van der Waals surface area contributed by atoms with Crippen molar-refractivity contribution >= 4 is 25.4 Å². The zero-order chi connectivity index (χ0) is 13.9. The molecule has 0 aliphatic rings. The van der Waals surface area contributed by atoms with E-state index in [9.17, 15) is 4.79 Å². The second kappa shape index (κ2) is 9.60. The van der Waals surface area contributed by atoms with E-state index in [4.69, 9.17) is 4.74 Å². The SMILES string of the molecule is C=CCC(CCC[Se]c1ccccc1)OC(=O)C=C. The van der Waals surface area contributed by atoms with E-state index >= 15 is 0 Å². The molecule has 1 atom stereocenters. The number of hydrogen-bond donors (Lipinski definition) is 0. The fourth-order valence-corrected chi connectivity index (χ4v) is 3.52. The van der Waals surface area contributed by atoms with Crippen LogP contribution < -0.4 is 4.46 Å². The first-order valence-corrected chi connectivity index (χ1v) is 8.45. The summed E-state index contributed by atoms with van der Waals surface area (Å²) in [7, 11) is 0. The van der Waals surface area contributed by atoms with Gasteiger partial charge in [0.1, 0.15) is 0 Å². The Morgan fingerprint density at radius 1 is 1.32 bits per heavy atom. The fourth-order valence-electron chi connectivity index (χ4n) is 1.64. The summed E-state index contributed by atoms with van der Waals surface area (Å²) in [5, 5.41) is 1.16. The summed E-state index contributed by atoms with van der Waals surface area (Å²) >= 11 is 0.502. The third-order valence-electron chi connectivity index (χ3n) is 2.56. The first kappa shape index (κ1) is 15.7. The molecule has 0 saturated heterocycles. The normalized spacial score (nSPS) is 11.6. The van der Waals surface area contributed by atoms with Crippen molar-refractivity contribution in [2.75, 3.05) is 0 Å². The van der Waals surface area contributed by atoms with Gasteiger partial charge in [-0.05, 0) is 0 Å². The van der Waals surface area contributed by atoms with Gasteiger partial charge < -0.3 is 0 Å². The summed E-state index contributed by atoms with van der Waals surface area (Å²) in [6.07, 6.45) is 5.61. The van der Waals surface area contributed by atoms with Crippen LogP contribution in [0, 0.1) is 0 Å². The van der Waals surface area contributed by atoms with Gasteiger partial charge in [-0.25, -0.2) is 0 Å². The predicted molar refractivity (Wildman–Crippen MR) is 80.8 cm³/mol. The summed E-state index contributed by atoms with van der Waals surface area (Å²) in [5.74, 6) is -0.347. The molecule has 3 heteroatoms. The van der Waals surface area contributed by atoms with Gasteiger partial charge in [0.05, 0.1) is 0 Å². The van der Waals surface area contributed by atoms with Gasteiger partial charge in [-0.2, -0.15) is 0 Å². The molecule has 1 rings (SSSR count). The van der Waals surface area contributed by atoms with Crippen LogP contribution in [0.15, 0.2) is 55.6 Å². The molecule has 0 saturated carbocycles. The summed E-state index contributed by atoms with van der Waals surface area (Å²) in [5.41, 5.74) is 0. The van der Waals surface area contributed by atoms with Gasteiger partial charge in [0.2, 0.25) is 0 Å². The Bertz CT molecular complexity index is 400. The molecule has 0 bridgehead atoms. The third kappa shape index (κ3) is 7.00. The summed E-state index contributed by atoms with van der Waals surface area (Å²) in [6, 6.07) is 10.5. The minimum absolute atomic E-state index is 0.0606. The van der Waals surface area contributed by atoms with E-state index < -0.39 is 0 Å². The third-order valence-corrected chi connectivity index (χ3v) is 4.87. The standard InChI is InChI=1S/C16H20O2Se/c1-3-9-14(18-16(17)4-2)10-8-13-19-15-11-6-5-7-12-15/h3-7,11-12,14H,1-2,8-10,13H2. The number of rotatable bonds is 9. The number of ether oxygens (including phenoxy) is 1. The van der Waals surface area contributed by atoms with Crippen LogP contribution in [-0.4, -0.2) is 27.0 Å². The molecule has 1 aromatic carbocycles. The average molecular weight is 323 g/mol. The molecule has 1 aromatic rings. The van der Waals surface area contributed by atoms with E-state index in [0.717, 1.165) is 18.2 Å². The first-order valence-electron chi connectivity index (χ1n) is 6.38. The van der Waals surface area contributed by atoms with Gasteiger partial charge >= 0.3 is 121 Å². The van der Waals surface area contributed by atoms with Crippen LogP contribution in [0.1, 0.15) is 19.3 Å². The van der Waals surface area contributed by atoms with Crippen molar-refractivity contribution in [3.8, 4) is 0 Å². The Morgan fingerprint density at radius 2 is 2.05 bits per heavy atom. The number of carbonyl (C=O) groups is 1. The molecule has 1 unspecified atom stereocenters. The Kier molecular flexibility index (Phi) is 7.95. The van der Waals surface area contributed by atoms with Crippen molar-refractivity contribution in [2.45, 2.75) is 30.7 Å². The molecular formula is C16H20O2Se. The first-order chi connectivity index (χ1) is 9.26. The van der Waals surface area contributed by atoms with Crippen molar-refractivity contribution in [1.82, 2.24) is 0 Å². The second-order valence-electron chi connectivity index (χ2n) is 4.09. The van der Waals surface area contributed by atoms with E-state index in [-0.39, 0.29) is 12.1 Å². The molecule has 102 valence electrons. The minimum atomic E-state index is -0.347. The van der Waals surface area contributed by atoms with E-state index in [1.54, 1.807) is 6.08 Å². The predicted octanol–water partition coefficient (Wildman–Crippen LogP) is 2.89. The van der Waals surface area contributed by atoms with Gasteiger partial charge in [-0.3, -0.25) is 0 Å². The van der Waals surface area contributed by atoms with Crippen LogP contribution in [0.25, 0.3) is 0 Å². The molecule has 0 N–H and O–H groups in total. The van der Waals surface area contributed by atoms with Crippen LogP contribution in [-0.2, 0) is 9.53 Å². The fraction of sp³-hybridized carbons (Fsp3) is 0.312. The van der Waals surface area contributed by atoms with Gasteiger partial charge in [0.25, 0.3) is 0 Å². The summed E-state index contributed by atoms with van der Waals surface area (Å²) in [6.45, 7) is 7.11. The topological polar surface area (TPSA) is 26.3 Å². The molecule has 2 nitrogen and oxygen atoms in total. The molecular weight excluding hydrogens is 303 g/mol. The second-order valence-corrected chi connectivity index (χ2v) is 6.54. The van der Waals surface area contributed by atoms with Crippen LogP contribution in [0.4, 0.5) is 0 Å². The molecule has 0 amide bonds. The van der Waals surface area contributed by atoms with E-state index in [2.05, 4.69) is 37.4 Å². The van der Waals surface area contributed by atoms with Crippen LogP contribution in [0.3, 0.4) is 0 Å². The van der Waals surface area contributed by atoms with E-state index in [1.807, 2.05) is 6.07 Å². The van der Waals surface area contributed by atoms with Crippen molar-refractivity contribution in [3.63, 3.8) is 0 Å². The number of benzene rings is 1. The Labute approximate surface area is 121 Å². The zero-order valence-corrected chi connectivity index (χ0v) is 12.8. The quantitative estimate of drug-likeness (QED) is 0.230. The Morgan fingerprint density at radius 3 is 2.68 bits per heavy atom. The van der Waals surface area contributed by atoms with Crippen LogP contribution in [0.2, 0.25) is 5.32 Å². The van der Waals surface area contributed by atoms with Crippen molar-refractivity contribution in [3.05, 3.63) is 55.6 Å². The molecule has 0 aliphatic carbocycles. The zero-order valence-electron chi connectivity index (χ0n) is 11.1. The summed E-state index contributed by atoms with van der Waals surface area (Å²) < 4.78 is 6.69. The Hall–Kier alpha value is -1.31.